The quantitative estimate of drug-likeness (QED) is 0.652. The van der Waals surface area contributed by atoms with Crippen molar-refractivity contribution < 1.29 is 14.8 Å². The van der Waals surface area contributed by atoms with E-state index in [2.05, 4.69) is 5.10 Å². The molecule has 1 heterocycles. The number of nitro groups is 1. The molecule has 0 saturated heterocycles. The molecule has 0 radical (unpaired) electrons. The summed E-state index contributed by atoms with van der Waals surface area (Å²) in [6.45, 7) is 4.03. The highest BCUT2D eigenvalue weighted by Gasteiger charge is 2.27. The van der Waals surface area contributed by atoms with E-state index in [1.165, 1.54) is 4.68 Å². The highest BCUT2D eigenvalue weighted by atomic mass is 16.6. The van der Waals surface area contributed by atoms with Crippen molar-refractivity contribution in [3.63, 3.8) is 0 Å². The Morgan fingerprint density at radius 2 is 2.05 bits per heavy atom. The van der Waals surface area contributed by atoms with Crippen molar-refractivity contribution in [2.24, 2.45) is 0 Å². The molecule has 1 aromatic carbocycles. The molecule has 0 saturated carbocycles. The van der Waals surface area contributed by atoms with Gasteiger partial charge in [-0.2, -0.15) is 5.10 Å². The van der Waals surface area contributed by atoms with Crippen LogP contribution in [0.4, 0.5) is 5.69 Å². The normalized spacial score (nSPS) is 10.6. The van der Waals surface area contributed by atoms with E-state index in [-0.39, 0.29) is 18.2 Å². The first kappa shape index (κ1) is 15.0. The van der Waals surface area contributed by atoms with Gasteiger partial charge >= 0.3 is 5.69 Å². The third-order valence-corrected chi connectivity index (χ3v) is 2.99. The number of aliphatic hydroxyl groups excluding tert-OH is 1. The minimum Gasteiger partial charge on any atom is -0.434 e. The summed E-state index contributed by atoms with van der Waals surface area (Å²) in [5, 5.41) is 24.4. The fraction of sp³-hybridized carbons (Fsp3) is 0.357. The van der Waals surface area contributed by atoms with Crippen LogP contribution in [0.2, 0.25) is 0 Å². The number of hydrogen-bond donors (Lipinski definition) is 1. The van der Waals surface area contributed by atoms with E-state index >= 15 is 0 Å². The van der Waals surface area contributed by atoms with E-state index in [0.29, 0.717) is 18.0 Å². The first-order valence-electron chi connectivity index (χ1n) is 6.66. The highest BCUT2D eigenvalue weighted by Crippen LogP contribution is 2.34. The second kappa shape index (κ2) is 6.36. The van der Waals surface area contributed by atoms with Crippen molar-refractivity contribution in [1.82, 2.24) is 9.78 Å². The molecular formula is C14H17N3O4. The van der Waals surface area contributed by atoms with Gasteiger partial charge in [0.1, 0.15) is 11.4 Å². The van der Waals surface area contributed by atoms with Crippen molar-refractivity contribution in [2.75, 3.05) is 0 Å². The van der Waals surface area contributed by atoms with Crippen LogP contribution < -0.4 is 4.74 Å². The number of ether oxygens (including phenoxy) is 1. The minimum atomic E-state index is -0.480. The van der Waals surface area contributed by atoms with Gasteiger partial charge in [-0.1, -0.05) is 19.1 Å². The van der Waals surface area contributed by atoms with Gasteiger partial charge in [-0.25, -0.2) is 4.68 Å². The average Bonchev–Trinajstić information content (AvgIpc) is 2.76. The van der Waals surface area contributed by atoms with Crippen molar-refractivity contribution in [3.8, 4) is 11.6 Å². The summed E-state index contributed by atoms with van der Waals surface area (Å²) in [5.74, 6) is 0.601. The first-order chi connectivity index (χ1) is 10.1. The van der Waals surface area contributed by atoms with E-state index < -0.39 is 4.92 Å². The monoisotopic (exact) mass is 291 g/mol. The van der Waals surface area contributed by atoms with Crippen LogP contribution in [0.15, 0.2) is 24.3 Å². The van der Waals surface area contributed by atoms with Gasteiger partial charge in [-0.3, -0.25) is 10.1 Å². The van der Waals surface area contributed by atoms with Crippen LogP contribution in [0.25, 0.3) is 0 Å². The number of hydrogen-bond acceptors (Lipinski definition) is 5. The molecule has 21 heavy (non-hydrogen) atoms. The summed E-state index contributed by atoms with van der Waals surface area (Å²) in [4.78, 5) is 10.7. The second-order valence-corrected chi connectivity index (χ2v) is 4.62. The average molecular weight is 291 g/mol. The van der Waals surface area contributed by atoms with Gasteiger partial charge < -0.3 is 9.84 Å². The molecule has 0 fully saturated rings. The number of nitrogens with zero attached hydrogens (tertiary/aromatic N) is 3. The van der Waals surface area contributed by atoms with Crippen LogP contribution in [0, 0.1) is 17.0 Å². The largest absolute Gasteiger partial charge is 0.434 e. The number of rotatable bonds is 6. The van der Waals surface area contributed by atoms with Crippen LogP contribution in [0.5, 0.6) is 11.6 Å². The third-order valence-electron chi connectivity index (χ3n) is 2.99. The summed E-state index contributed by atoms with van der Waals surface area (Å²) in [6.07, 6.45) is 0.790. The third kappa shape index (κ3) is 3.19. The second-order valence-electron chi connectivity index (χ2n) is 4.62. The van der Waals surface area contributed by atoms with Gasteiger partial charge in [0.25, 0.3) is 5.88 Å². The van der Waals surface area contributed by atoms with Crippen molar-refractivity contribution in [1.29, 1.82) is 0 Å². The Bertz CT molecular complexity index is 634. The Kier molecular flexibility index (Phi) is 4.54. The molecule has 0 aliphatic heterocycles. The lowest BCUT2D eigenvalue weighted by Gasteiger charge is -2.08. The molecule has 2 aromatic rings. The molecule has 0 aliphatic carbocycles. The van der Waals surface area contributed by atoms with Gasteiger partial charge in [0, 0.05) is 6.54 Å². The molecule has 1 aromatic heterocycles. The van der Waals surface area contributed by atoms with E-state index in [0.717, 1.165) is 12.0 Å². The lowest BCUT2D eigenvalue weighted by molar-refractivity contribution is -0.386. The molecule has 7 nitrogen and oxygen atoms in total. The lowest BCUT2D eigenvalue weighted by Crippen LogP contribution is -2.02. The van der Waals surface area contributed by atoms with E-state index in [1.54, 1.807) is 31.2 Å². The summed E-state index contributed by atoms with van der Waals surface area (Å²) < 4.78 is 7.16. The molecule has 0 unspecified atom stereocenters. The summed E-state index contributed by atoms with van der Waals surface area (Å²) in [6, 6.07) is 6.73. The Balaban J connectivity index is 2.38. The number of aliphatic hydroxyl groups is 1. The molecule has 0 bridgehead atoms. The molecule has 0 aliphatic rings. The molecule has 112 valence electrons. The minimum absolute atomic E-state index is 0.0622. The summed E-state index contributed by atoms with van der Waals surface area (Å²) in [5.41, 5.74) is 0.959. The Labute approximate surface area is 121 Å². The Hall–Kier alpha value is -2.41. The van der Waals surface area contributed by atoms with Gasteiger partial charge in [0.15, 0.2) is 0 Å². The van der Waals surface area contributed by atoms with Crippen LogP contribution in [0.1, 0.15) is 24.6 Å². The standard InChI is InChI=1S/C14H17N3O4/c1-3-8-16-14(13(17(19)20)10(2)15-16)21-12-6-4-11(9-18)5-7-12/h4-7,18H,3,8-9H2,1-2H3. The zero-order valence-electron chi connectivity index (χ0n) is 11.9. The fourth-order valence-electron chi connectivity index (χ4n) is 2.00. The van der Waals surface area contributed by atoms with Crippen molar-refractivity contribution in [2.45, 2.75) is 33.4 Å². The maximum atomic E-state index is 11.2. The van der Waals surface area contributed by atoms with E-state index in [9.17, 15) is 10.1 Å². The van der Waals surface area contributed by atoms with Gasteiger partial charge in [-0.05, 0) is 31.0 Å². The molecular weight excluding hydrogens is 274 g/mol. The zero-order chi connectivity index (χ0) is 15.4. The molecule has 0 atom stereocenters. The van der Waals surface area contributed by atoms with Crippen LogP contribution in [-0.2, 0) is 13.2 Å². The van der Waals surface area contributed by atoms with E-state index in [1.807, 2.05) is 6.92 Å². The smallest absolute Gasteiger partial charge is 0.353 e. The van der Waals surface area contributed by atoms with Crippen molar-refractivity contribution in [3.05, 3.63) is 45.6 Å². The Morgan fingerprint density at radius 1 is 1.38 bits per heavy atom. The summed E-state index contributed by atoms with van der Waals surface area (Å²) in [7, 11) is 0. The van der Waals surface area contributed by atoms with Gasteiger partial charge in [-0.15, -0.1) is 0 Å². The number of aromatic nitrogens is 2. The van der Waals surface area contributed by atoms with Crippen LogP contribution in [0.3, 0.4) is 0 Å². The van der Waals surface area contributed by atoms with Gasteiger partial charge in [0.2, 0.25) is 0 Å². The molecule has 2 rings (SSSR count). The fourth-order valence-corrected chi connectivity index (χ4v) is 2.00. The molecule has 7 heteroatoms. The highest BCUT2D eigenvalue weighted by molar-refractivity contribution is 5.48. The van der Waals surface area contributed by atoms with Crippen LogP contribution in [-0.4, -0.2) is 19.8 Å². The molecule has 0 amide bonds. The summed E-state index contributed by atoms with van der Waals surface area (Å²) >= 11 is 0. The number of aryl methyl sites for hydroxylation is 2. The Morgan fingerprint density at radius 3 is 2.57 bits per heavy atom. The predicted molar refractivity (Wildman–Crippen MR) is 76.3 cm³/mol. The molecule has 0 spiro atoms. The topological polar surface area (TPSA) is 90.4 Å². The zero-order valence-corrected chi connectivity index (χ0v) is 11.9. The lowest BCUT2D eigenvalue weighted by atomic mass is 10.2. The predicted octanol–water partition coefficient (Wildman–Crippen LogP) is 2.79. The number of benzene rings is 1. The maximum absolute atomic E-state index is 11.2. The molecule has 1 N–H and O–H groups in total. The van der Waals surface area contributed by atoms with Crippen LogP contribution >= 0.6 is 0 Å². The van der Waals surface area contributed by atoms with E-state index in [4.69, 9.17) is 9.84 Å². The SMILES string of the molecule is CCCn1nc(C)c([N+](=O)[O-])c1Oc1ccc(CO)cc1. The van der Waals surface area contributed by atoms with Crippen molar-refractivity contribution >= 4 is 5.69 Å². The van der Waals surface area contributed by atoms with Gasteiger partial charge in [0.05, 0.1) is 11.5 Å². The maximum Gasteiger partial charge on any atom is 0.353 e. The first-order valence-corrected chi connectivity index (χ1v) is 6.66.